The highest BCUT2D eigenvalue weighted by atomic mass is 16.5. The van der Waals surface area contributed by atoms with Crippen LogP contribution in [0.1, 0.15) is 30.4 Å². The molecule has 3 nitrogen and oxygen atoms in total. The molecule has 0 aromatic heterocycles. The fraction of sp³-hybridized carbons (Fsp3) is 0.400. The molecule has 3 heteroatoms. The van der Waals surface area contributed by atoms with E-state index in [0.717, 1.165) is 36.1 Å². The lowest BCUT2D eigenvalue weighted by Crippen LogP contribution is -2.16. The van der Waals surface area contributed by atoms with Crippen LogP contribution in [0.5, 0.6) is 11.5 Å². The fourth-order valence-corrected chi connectivity index (χ4v) is 2.98. The Morgan fingerprint density at radius 2 is 1.91 bits per heavy atom. The first kappa shape index (κ1) is 15.9. The molecule has 0 aliphatic heterocycles. The van der Waals surface area contributed by atoms with Crippen molar-refractivity contribution >= 4 is 0 Å². The lowest BCUT2D eigenvalue weighted by molar-refractivity contribution is 0.284. The molecule has 1 aliphatic carbocycles. The molecule has 1 N–H and O–H groups in total. The standard InChI is InChI=1S/C20H25NO2/c1-3-21-13-17-11-18(17)16-9-10-19(20(12-16)22-2)23-14-15-7-5-4-6-8-15/h4-10,12,17-18,21H,3,11,13-14H2,1-2H3. The molecule has 122 valence electrons. The molecule has 1 aliphatic rings. The third kappa shape index (κ3) is 4.05. The van der Waals surface area contributed by atoms with Crippen molar-refractivity contribution in [3.8, 4) is 11.5 Å². The summed E-state index contributed by atoms with van der Waals surface area (Å²) < 4.78 is 11.5. The lowest BCUT2D eigenvalue weighted by Gasteiger charge is -2.12. The van der Waals surface area contributed by atoms with E-state index in [1.807, 2.05) is 24.3 Å². The number of benzene rings is 2. The molecule has 0 heterocycles. The number of nitrogens with one attached hydrogen (secondary N) is 1. The van der Waals surface area contributed by atoms with Crippen LogP contribution >= 0.6 is 0 Å². The first-order valence-corrected chi connectivity index (χ1v) is 8.37. The predicted octanol–water partition coefficient (Wildman–Crippen LogP) is 3.99. The minimum atomic E-state index is 0.559. The van der Waals surface area contributed by atoms with Gasteiger partial charge in [0.15, 0.2) is 11.5 Å². The zero-order valence-corrected chi connectivity index (χ0v) is 13.9. The molecule has 2 aromatic carbocycles. The van der Waals surface area contributed by atoms with E-state index in [9.17, 15) is 0 Å². The molecule has 2 atom stereocenters. The minimum absolute atomic E-state index is 0.559. The van der Waals surface area contributed by atoms with E-state index in [1.54, 1.807) is 7.11 Å². The van der Waals surface area contributed by atoms with Gasteiger partial charge in [0.05, 0.1) is 7.11 Å². The topological polar surface area (TPSA) is 30.5 Å². The average Bonchev–Trinajstić information content (AvgIpc) is 3.38. The minimum Gasteiger partial charge on any atom is -0.493 e. The van der Waals surface area contributed by atoms with Gasteiger partial charge in [-0.25, -0.2) is 0 Å². The van der Waals surface area contributed by atoms with Crippen molar-refractivity contribution in [1.29, 1.82) is 0 Å². The van der Waals surface area contributed by atoms with Crippen molar-refractivity contribution in [1.82, 2.24) is 5.32 Å². The molecule has 1 saturated carbocycles. The van der Waals surface area contributed by atoms with Gasteiger partial charge in [-0.1, -0.05) is 43.3 Å². The Bertz CT molecular complexity index is 627. The number of ether oxygens (including phenoxy) is 2. The van der Waals surface area contributed by atoms with E-state index in [1.165, 1.54) is 12.0 Å². The molecule has 2 unspecified atom stereocenters. The number of methoxy groups -OCH3 is 1. The highest BCUT2D eigenvalue weighted by molar-refractivity contribution is 5.45. The summed E-state index contributed by atoms with van der Waals surface area (Å²) in [7, 11) is 1.71. The van der Waals surface area contributed by atoms with E-state index < -0.39 is 0 Å². The molecule has 3 rings (SSSR count). The number of hydrogen-bond donors (Lipinski definition) is 1. The van der Waals surface area contributed by atoms with E-state index in [2.05, 4.69) is 36.5 Å². The first-order valence-electron chi connectivity index (χ1n) is 8.37. The highest BCUT2D eigenvalue weighted by Crippen LogP contribution is 2.48. The van der Waals surface area contributed by atoms with Gasteiger partial charge in [-0.3, -0.25) is 0 Å². The maximum atomic E-state index is 5.92. The zero-order valence-electron chi connectivity index (χ0n) is 13.9. The summed E-state index contributed by atoms with van der Waals surface area (Å²) in [6, 6.07) is 16.5. The Balaban J connectivity index is 1.63. The molecule has 1 fully saturated rings. The van der Waals surface area contributed by atoms with Crippen LogP contribution in [0.15, 0.2) is 48.5 Å². The molecule has 23 heavy (non-hydrogen) atoms. The molecular formula is C20H25NO2. The van der Waals surface area contributed by atoms with Crippen LogP contribution in [0, 0.1) is 5.92 Å². The molecule has 0 radical (unpaired) electrons. The summed E-state index contributed by atoms with van der Waals surface area (Å²) in [4.78, 5) is 0. The SMILES string of the molecule is CCNCC1CC1c1ccc(OCc2ccccc2)c(OC)c1. The summed E-state index contributed by atoms with van der Waals surface area (Å²) in [6.45, 7) is 4.86. The summed E-state index contributed by atoms with van der Waals surface area (Å²) in [6.07, 6.45) is 1.26. The fourth-order valence-electron chi connectivity index (χ4n) is 2.98. The van der Waals surface area contributed by atoms with E-state index in [-0.39, 0.29) is 0 Å². The summed E-state index contributed by atoms with van der Waals surface area (Å²) in [5.41, 5.74) is 2.52. The maximum Gasteiger partial charge on any atom is 0.161 e. The van der Waals surface area contributed by atoms with Gasteiger partial charge in [0, 0.05) is 0 Å². The second-order valence-electron chi connectivity index (χ2n) is 6.09. The molecule has 0 spiro atoms. The zero-order chi connectivity index (χ0) is 16.1. The largest absolute Gasteiger partial charge is 0.493 e. The smallest absolute Gasteiger partial charge is 0.161 e. The van der Waals surface area contributed by atoms with E-state index >= 15 is 0 Å². The molecule has 0 bridgehead atoms. The molecule has 2 aromatic rings. The quantitative estimate of drug-likeness (QED) is 0.799. The first-order chi connectivity index (χ1) is 11.3. The Morgan fingerprint density at radius 3 is 2.65 bits per heavy atom. The van der Waals surface area contributed by atoms with Gasteiger partial charge in [0.2, 0.25) is 0 Å². The average molecular weight is 311 g/mol. The summed E-state index contributed by atoms with van der Waals surface area (Å²) in [5, 5.41) is 3.43. The van der Waals surface area contributed by atoms with Gasteiger partial charge in [0.25, 0.3) is 0 Å². The Kier molecular flexibility index (Phi) is 5.19. The third-order valence-corrected chi connectivity index (χ3v) is 4.43. The van der Waals surface area contributed by atoms with E-state index in [4.69, 9.17) is 9.47 Å². The Hall–Kier alpha value is -2.00. The Morgan fingerprint density at radius 1 is 1.09 bits per heavy atom. The van der Waals surface area contributed by atoms with Crippen molar-refractivity contribution in [2.75, 3.05) is 20.2 Å². The molecular weight excluding hydrogens is 286 g/mol. The second kappa shape index (κ2) is 7.51. The van der Waals surface area contributed by atoms with Crippen LogP contribution in [0.4, 0.5) is 0 Å². The van der Waals surface area contributed by atoms with Gasteiger partial charge in [-0.05, 0) is 54.6 Å². The van der Waals surface area contributed by atoms with Crippen LogP contribution in [0.2, 0.25) is 0 Å². The molecule has 0 amide bonds. The second-order valence-corrected chi connectivity index (χ2v) is 6.09. The van der Waals surface area contributed by atoms with Gasteiger partial charge < -0.3 is 14.8 Å². The van der Waals surface area contributed by atoms with Crippen LogP contribution in [0.3, 0.4) is 0 Å². The van der Waals surface area contributed by atoms with Crippen molar-refractivity contribution in [2.24, 2.45) is 5.92 Å². The van der Waals surface area contributed by atoms with Gasteiger partial charge >= 0.3 is 0 Å². The van der Waals surface area contributed by atoms with E-state index in [0.29, 0.717) is 12.5 Å². The van der Waals surface area contributed by atoms with Crippen molar-refractivity contribution in [3.63, 3.8) is 0 Å². The normalized spacial score (nSPS) is 19.4. The summed E-state index contributed by atoms with van der Waals surface area (Å²) in [5.74, 6) is 3.05. The summed E-state index contributed by atoms with van der Waals surface area (Å²) >= 11 is 0. The number of hydrogen-bond acceptors (Lipinski definition) is 3. The van der Waals surface area contributed by atoms with Gasteiger partial charge in [-0.2, -0.15) is 0 Å². The van der Waals surface area contributed by atoms with Crippen molar-refractivity contribution in [2.45, 2.75) is 25.9 Å². The Labute approximate surface area is 138 Å². The monoisotopic (exact) mass is 311 g/mol. The van der Waals surface area contributed by atoms with Crippen LogP contribution in [-0.4, -0.2) is 20.2 Å². The van der Waals surface area contributed by atoms with Crippen LogP contribution in [0.25, 0.3) is 0 Å². The number of rotatable bonds is 8. The van der Waals surface area contributed by atoms with Crippen molar-refractivity contribution < 1.29 is 9.47 Å². The predicted molar refractivity (Wildman–Crippen MR) is 93.2 cm³/mol. The highest BCUT2D eigenvalue weighted by Gasteiger charge is 2.37. The third-order valence-electron chi connectivity index (χ3n) is 4.43. The maximum absolute atomic E-state index is 5.92. The van der Waals surface area contributed by atoms with Gasteiger partial charge in [0.1, 0.15) is 6.61 Å². The van der Waals surface area contributed by atoms with Crippen LogP contribution in [-0.2, 0) is 6.61 Å². The van der Waals surface area contributed by atoms with Crippen LogP contribution < -0.4 is 14.8 Å². The van der Waals surface area contributed by atoms with Crippen molar-refractivity contribution in [3.05, 3.63) is 59.7 Å². The lowest BCUT2D eigenvalue weighted by atomic mass is 10.1. The van der Waals surface area contributed by atoms with Gasteiger partial charge in [-0.15, -0.1) is 0 Å². The molecule has 0 saturated heterocycles.